The van der Waals surface area contributed by atoms with Crippen molar-refractivity contribution in [2.45, 2.75) is 194 Å². The first-order valence-corrected chi connectivity index (χ1v) is 20.3. The first-order valence-electron chi connectivity index (χ1n) is 20.3. The Morgan fingerprint density at radius 2 is 0.647 bits per heavy atom. The molecule has 0 atom stereocenters. The smallest absolute Gasteiger partial charge is 0.548 e. The van der Waals surface area contributed by atoms with Crippen molar-refractivity contribution < 1.29 is 29.4 Å². The maximum absolute atomic E-state index is 11.6. The summed E-state index contributed by atoms with van der Waals surface area (Å²) in [6, 6.07) is 0. The molecule has 0 bridgehead atoms. The van der Waals surface area contributed by atoms with Gasteiger partial charge in [-0.05, 0) is 64.2 Å². The molecule has 0 aliphatic rings. The number of aliphatic carboxylic acids is 2. The molecule has 0 unspecified atom stereocenters. The van der Waals surface area contributed by atoms with Gasteiger partial charge in [0.25, 0.3) is 0 Å². The Kier molecular flexibility index (Phi) is 45.5. The second-order valence-electron chi connectivity index (χ2n) is 13.9. The van der Waals surface area contributed by atoms with E-state index in [9.17, 15) is 29.4 Å². The molecule has 0 radical (unpaired) electrons. The van der Waals surface area contributed by atoms with Crippen LogP contribution < -0.4 is 10.2 Å². The van der Waals surface area contributed by atoms with E-state index in [4.69, 9.17) is 0 Å². The third-order valence-corrected chi connectivity index (χ3v) is 8.89. The predicted molar refractivity (Wildman–Crippen MR) is 210 cm³/mol. The van der Waals surface area contributed by atoms with Crippen LogP contribution in [-0.2, 0) is 19.2 Å². The first-order chi connectivity index (χ1) is 24.1. The van der Waals surface area contributed by atoms with Crippen LogP contribution in [0.4, 0.5) is 0 Å². The fourth-order valence-corrected chi connectivity index (χ4v) is 5.64. The van der Waals surface area contributed by atoms with Gasteiger partial charge in [-0.2, -0.15) is 0 Å². The quantitative estimate of drug-likeness (QED) is 0.0373. The minimum absolute atomic E-state index is 0. The van der Waals surface area contributed by atoms with Gasteiger partial charge in [0.2, 0.25) is 11.8 Å². The van der Waals surface area contributed by atoms with Gasteiger partial charge in [-0.3, -0.25) is 9.59 Å². The molecule has 292 valence electrons. The second kappa shape index (κ2) is 43.0. The summed E-state index contributed by atoms with van der Waals surface area (Å²) in [5, 5.41) is 20.8. The summed E-state index contributed by atoms with van der Waals surface area (Å²) in [4.78, 5) is 46.6. The molecule has 0 rings (SSSR count). The number of allylic oxidation sites excluding steroid dienone is 4. The molecule has 0 aliphatic carbocycles. The van der Waals surface area contributed by atoms with E-state index in [1.54, 1.807) is 0 Å². The Labute approximate surface area is 343 Å². The zero-order valence-electron chi connectivity index (χ0n) is 33.6. The average Bonchev–Trinajstić information content (AvgIpc) is 3.07. The summed E-state index contributed by atoms with van der Waals surface area (Å²) in [5.74, 6) is -2.63. The topological polar surface area (TPSA) is 121 Å². The molecule has 0 saturated heterocycles. The van der Waals surface area contributed by atoms with Gasteiger partial charge in [-0.1, -0.05) is 141 Å². The molecule has 0 saturated carbocycles. The van der Waals surface area contributed by atoms with Crippen LogP contribution in [0.2, 0.25) is 0 Å². The van der Waals surface area contributed by atoms with Crippen molar-refractivity contribution in [1.29, 1.82) is 0 Å². The van der Waals surface area contributed by atoms with E-state index >= 15 is 0 Å². The number of carboxylic acids is 2. The molecule has 2 amide bonds. The average molecular weight is 745 g/mol. The fraction of sp³-hybridized carbons (Fsp3) is 0.810. The number of carbonyl (C=O) groups is 4. The number of likely N-dealkylation sites (N-methyl/N-ethyl adjacent to an activating group) is 2. The van der Waals surface area contributed by atoms with Crippen molar-refractivity contribution in [3.63, 3.8) is 0 Å². The van der Waals surface area contributed by atoms with Crippen LogP contribution in [0.25, 0.3) is 0 Å². The molecule has 0 aromatic heterocycles. The maximum Gasteiger partial charge on any atom is 2.00 e. The van der Waals surface area contributed by atoms with Gasteiger partial charge >= 0.3 is 37.7 Å². The summed E-state index contributed by atoms with van der Waals surface area (Å²) >= 11 is 0. The Morgan fingerprint density at radius 3 is 0.902 bits per heavy atom. The van der Waals surface area contributed by atoms with Gasteiger partial charge in [0, 0.05) is 26.9 Å². The predicted octanol–water partition coefficient (Wildman–Crippen LogP) is 8.08. The molecule has 9 heteroatoms. The Hall–Kier alpha value is -1.38. The van der Waals surface area contributed by atoms with Gasteiger partial charge in [-0.25, -0.2) is 0 Å². The third kappa shape index (κ3) is 44.7. The molecular formula is C42H76CaN2O6. The summed E-state index contributed by atoms with van der Waals surface area (Å²) in [6.07, 6.45) is 42.0. The molecule has 0 spiro atoms. The molecular weight excluding hydrogens is 669 g/mol. The molecule has 0 aliphatic heterocycles. The van der Waals surface area contributed by atoms with E-state index in [0.717, 1.165) is 51.4 Å². The normalized spacial score (nSPS) is 10.9. The number of amides is 2. The summed E-state index contributed by atoms with van der Waals surface area (Å²) in [6.45, 7) is 3.87. The minimum atomic E-state index is -1.21. The van der Waals surface area contributed by atoms with Gasteiger partial charge in [0.1, 0.15) is 0 Å². The second-order valence-corrected chi connectivity index (χ2v) is 13.9. The van der Waals surface area contributed by atoms with Crippen molar-refractivity contribution in [3.8, 4) is 0 Å². The largest absolute Gasteiger partial charge is 2.00 e. The maximum atomic E-state index is 11.6. The standard InChI is InChI=1S/2C21H39NO3.Ca/c2*1-3-4-5-6-7-8-9-10-11-12-13-14-15-16-17-18-20(23)22(2)19-21(24)25;/h2*10-11H,3-9,12-19H2,1-2H3,(H,24,25);/q;;+2/p-2. The van der Waals surface area contributed by atoms with Crippen LogP contribution in [0.1, 0.15) is 194 Å². The number of carboxylic acid groups (broad SMARTS) is 2. The van der Waals surface area contributed by atoms with E-state index in [2.05, 4.69) is 38.2 Å². The third-order valence-electron chi connectivity index (χ3n) is 8.89. The van der Waals surface area contributed by atoms with Gasteiger partial charge in [-0.15, -0.1) is 0 Å². The van der Waals surface area contributed by atoms with E-state index < -0.39 is 11.9 Å². The molecule has 0 N–H and O–H groups in total. The van der Waals surface area contributed by atoms with E-state index in [1.165, 1.54) is 139 Å². The Bertz CT molecular complexity index is 809. The van der Waals surface area contributed by atoms with Gasteiger partial charge in [0.15, 0.2) is 0 Å². The van der Waals surface area contributed by atoms with Crippen molar-refractivity contribution >= 4 is 61.5 Å². The van der Waals surface area contributed by atoms with Crippen molar-refractivity contribution in [1.82, 2.24) is 9.80 Å². The van der Waals surface area contributed by atoms with Crippen molar-refractivity contribution in [2.24, 2.45) is 0 Å². The summed E-state index contributed by atoms with van der Waals surface area (Å²) < 4.78 is 0. The van der Waals surface area contributed by atoms with E-state index in [-0.39, 0.29) is 62.6 Å². The summed E-state index contributed by atoms with van der Waals surface area (Å²) in [5.41, 5.74) is 0. The monoisotopic (exact) mass is 745 g/mol. The summed E-state index contributed by atoms with van der Waals surface area (Å²) in [7, 11) is 3.02. The number of carbonyl (C=O) groups excluding carboxylic acids is 4. The van der Waals surface area contributed by atoms with Crippen LogP contribution in [0.15, 0.2) is 24.3 Å². The molecule has 0 aromatic rings. The number of hydrogen-bond acceptors (Lipinski definition) is 6. The van der Waals surface area contributed by atoms with Crippen LogP contribution in [-0.4, -0.2) is 98.5 Å². The Balaban J connectivity index is -0.000000886. The molecule has 0 fully saturated rings. The van der Waals surface area contributed by atoms with Gasteiger partial charge in [0.05, 0.1) is 25.0 Å². The SMILES string of the molecule is CCCCCCCCC=CCCCCCCCC(=O)N(C)CC(=O)[O-].CCCCCCCCC=CCCCCCCCC(=O)N(C)CC(=O)[O-].[Ca+2]. The minimum Gasteiger partial charge on any atom is -0.548 e. The van der Waals surface area contributed by atoms with Gasteiger partial charge < -0.3 is 29.6 Å². The number of hydrogen-bond donors (Lipinski definition) is 0. The zero-order chi connectivity index (χ0) is 37.5. The number of unbranched alkanes of at least 4 members (excludes halogenated alkanes) is 22. The van der Waals surface area contributed by atoms with E-state index in [0.29, 0.717) is 12.8 Å². The Morgan fingerprint density at radius 1 is 0.412 bits per heavy atom. The van der Waals surface area contributed by atoms with Crippen LogP contribution in [0, 0.1) is 0 Å². The molecule has 51 heavy (non-hydrogen) atoms. The van der Waals surface area contributed by atoms with Crippen molar-refractivity contribution in [3.05, 3.63) is 24.3 Å². The van der Waals surface area contributed by atoms with Crippen LogP contribution in [0.5, 0.6) is 0 Å². The molecule has 0 aromatic carbocycles. The van der Waals surface area contributed by atoms with E-state index in [1.807, 2.05) is 0 Å². The van der Waals surface area contributed by atoms with Crippen LogP contribution in [0.3, 0.4) is 0 Å². The fourth-order valence-electron chi connectivity index (χ4n) is 5.64. The molecule has 0 heterocycles. The number of nitrogens with zero attached hydrogens (tertiary/aromatic N) is 2. The molecule has 8 nitrogen and oxygen atoms in total. The first kappa shape index (κ1) is 54.0. The van der Waals surface area contributed by atoms with Crippen LogP contribution >= 0.6 is 0 Å². The zero-order valence-corrected chi connectivity index (χ0v) is 35.8. The number of rotatable bonds is 34. The van der Waals surface area contributed by atoms with Crippen molar-refractivity contribution in [2.75, 3.05) is 27.2 Å².